The van der Waals surface area contributed by atoms with Gasteiger partial charge in [-0.3, -0.25) is 14.5 Å². The van der Waals surface area contributed by atoms with Crippen LogP contribution >= 0.6 is 11.6 Å². The van der Waals surface area contributed by atoms with E-state index in [-0.39, 0.29) is 12.3 Å². The molecule has 1 aromatic heterocycles. The first-order valence-corrected chi connectivity index (χ1v) is 7.36. The molecule has 1 saturated heterocycles. The molecule has 0 radical (unpaired) electrons. The zero-order valence-electron chi connectivity index (χ0n) is 12.0. The summed E-state index contributed by atoms with van der Waals surface area (Å²) in [6.07, 6.45) is 1.34. The second-order valence-corrected chi connectivity index (χ2v) is 5.46. The smallest absolute Gasteiger partial charge is 0.308 e. The van der Waals surface area contributed by atoms with Gasteiger partial charge < -0.3 is 15.2 Å². The molecule has 2 heterocycles. The molecule has 22 heavy (non-hydrogen) atoms. The zero-order chi connectivity index (χ0) is 15.9. The number of carboxylic acid groups (broad SMARTS) is 1. The Kier molecular flexibility index (Phi) is 6.11. The number of hydrogen-bond donors (Lipinski definition) is 2. The molecule has 7 nitrogen and oxygen atoms in total. The molecule has 0 aromatic carbocycles. The first-order valence-electron chi connectivity index (χ1n) is 6.99. The van der Waals surface area contributed by atoms with E-state index in [4.69, 9.17) is 16.3 Å². The van der Waals surface area contributed by atoms with E-state index in [1.807, 2.05) is 4.90 Å². The van der Waals surface area contributed by atoms with Crippen molar-refractivity contribution in [1.29, 1.82) is 0 Å². The van der Waals surface area contributed by atoms with Gasteiger partial charge in [0.15, 0.2) is 0 Å². The van der Waals surface area contributed by atoms with Gasteiger partial charge in [0.1, 0.15) is 5.15 Å². The van der Waals surface area contributed by atoms with Gasteiger partial charge >= 0.3 is 5.97 Å². The van der Waals surface area contributed by atoms with Crippen molar-refractivity contribution >= 4 is 29.2 Å². The standard InChI is InChI=1S/C14H18ClN3O4/c15-12-2-1-11(8-16-12)17-13(19)7-10(14(20)21)9-18-3-5-22-6-4-18/h1-2,8,10H,3-7,9H2,(H,17,19)(H,20,21). The summed E-state index contributed by atoms with van der Waals surface area (Å²) in [5.41, 5.74) is 0.491. The van der Waals surface area contributed by atoms with Crippen molar-refractivity contribution in [3.63, 3.8) is 0 Å². The molecule has 2 rings (SSSR count). The highest BCUT2D eigenvalue weighted by atomic mass is 35.5. The van der Waals surface area contributed by atoms with Crippen LogP contribution in [0.5, 0.6) is 0 Å². The highest BCUT2D eigenvalue weighted by Gasteiger charge is 2.25. The lowest BCUT2D eigenvalue weighted by Crippen LogP contribution is -2.41. The topological polar surface area (TPSA) is 91.8 Å². The summed E-state index contributed by atoms with van der Waals surface area (Å²) >= 11 is 5.67. The summed E-state index contributed by atoms with van der Waals surface area (Å²) in [5, 5.41) is 12.2. The molecule has 1 fully saturated rings. The van der Waals surface area contributed by atoms with Gasteiger partial charge in [0.05, 0.1) is 31.0 Å². The summed E-state index contributed by atoms with van der Waals surface area (Å²) in [6, 6.07) is 3.17. The first kappa shape index (κ1) is 16.7. The highest BCUT2D eigenvalue weighted by Crippen LogP contribution is 2.13. The molecule has 120 valence electrons. The van der Waals surface area contributed by atoms with E-state index in [2.05, 4.69) is 10.3 Å². The minimum absolute atomic E-state index is 0.0880. The average Bonchev–Trinajstić information content (AvgIpc) is 2.50. The quantitative estimate of drug-likeness (QED) is 0.760. The van der Waals surface area contributed by atoms with Crippen molar-refractivity contribution in [1.82, 2.24) is 9.88 Å². The number of aliphatic carboxylic acids is 1. The lowest BCUT2D eigenvalue weighted by molar-refractivity contribution is -0.144. The minimum atomic E-state index is -0.976. The molecule has 1 amide bonds. The van der Waals surface area contributed by atoms with Crippen LogP contribution in [-0.2, 0) is 14.3 Å². The van der Waals surface area contributed by atoms with E-state index in [9.17, 15) is 14.7 Å². The molecule has 0 bridgehead atoms. The van der Waals surface area contributed by atoms with Gasteiger partial charge in [0.25, 0.3) is 0 Å². The zero-order valence-corrected chi connectivity index (χ0v) is 12.8. The number of amides is 1. The largest absolute Gasteiger partial charge is 0.481 e. The fourth-order valence-corrected chi connectivity index (χ4v) is 2.32. The number of anilines is 1. The number of morpholine rings is 1. The molecule has 1 atom stereocenters. The van der Waals surface area contributed by atoms with Gasteiger partial charge in [-0.05, 0) is 12.1 Å². The lowest BCUT2D eigenvalue weighted by atomic mass is 10.0. The number of ether oxygens (including phenoxy) is 1. The van der Waals surface area contributed by atoms with Crippen LogP contribution in [0.4, 0.5) is 5.69 Å². The second-order valence-electron chi connectivity index (χ2n) is 5.07. The summed E-state index contributed by atoms with van der Waals surface area (Å²) in [4.78, 5) is 29.2. The number of halogens is 1. The Morgan fingerprint density at radius 1 is 1.41 bits per heavy atom. The fourth-order valence-electron chi connectivity index (χ4n) is 2.21. The molecular formula is C14H18ClN3O4. The third-order valence-electron chi connectivity index (χ3n) is 3.37. The van der Waals surface area contributed by atoms with Gasteiger partial charge in [-0.15, -0.1) is 0 Å². The SMILES string of the molecule is O=C(CC(CN1CCOCC1)C(=O)O)Nc1ccc(Cl)nc1. The Bertz CT molecular complexity index is 517. The van der Waals surface area contributed by atoms with Crippen LogP contribution in [0, 0.1) is 5.92 Å². The third kappa shape index (κ3) is 5.25. The van der Waals surface area contributed by atoms with Crippen LogP contribution in [0.25, 0.3) is 0 Å². The minimum Gasteiger partial charge on any atom is -0.481 e. The molecule has 1 aliphatic rings. The van der Waals surface area contributed by atoms with Crippen LogP contribution in [0.2, 0.25) is 5.15 Å². The summed E-state index contributed by atoms with van der Waals surface area (Å²) in [5.74, 6) is -2.08. The Hall–Kier alpha value is -1.70. The van der Waals surface area contributed by atoms with Gasteiger partial charge in [0, 0.05) is 26.1 Å². The number of nitrogens with zero attached hydrogens (tertiary/aromatic N) is 2. The highest BCUT2D eigenvalue weighted by molar-refractivity contribution is 6.29. The predicted molar refractivity (Wildman–Crippen MR) is 80.9 cm³/mol. The Morgan fingerprint density at radius 2 is 2.14 bits per heavy atom. The Balaban J connectivity index is 1.87. The first-order chi connectivity index (χ1) is 10.5. The predicted octanol–water partition coefficient (Wildman–Crippen LogP) is 1.10. The van der Waals surface area contributed by atoms with Crippen molar-refractivity contribution in [3.05, 3.63) is 23.5 Å². The van der Waals surface area contributed by atoms with E-state index in [0.717, 1.165) is 0 Å². The van der Waals surface area contributed by atoms with Crippen molar-refractivity contribution in [2.75, 3.05) is 38.2 Å². The average molecular weight is 328 g/mol. The molecular weight excluding hydrogens is 310 g/mol. The van der Waals surface area contributed by atoms with Gasteiger partial charge in [-0.25, -0.2) is 4.98 Å². The van der Waals surface area contributed by atoms with Crippen molar-refractivity contribution in [3.8, 4) is 0 Å². The number of hydrogen-bond acceptors (Lipinski definition) is 5. The van der Waals surface area contributed by atoms with Gasteiger partial charge in [0.2, 0.25) is 5.91 Å². The summed E-state index contributed by atoms with van der Waals surface area (Å²) in [7, 11) is 0. The number of aromatic nitrogens is 1. The van der Waals surface area contributed by atoms with Gasteiger partial charge in [-0.1, -0.05) is 11.6 Å². The van der Waals surface area contributed by atoms with E-state index in [1.165, 1.54) is 6.20 Å². The molecule has 1 aliphatic heterocycles. The van der Waals surface area contributed by atoms with Crippen LogP contribution in [0.3, 0.4) is 0 Å². The van der Waals surface area contributed by atoms with E-state index in [0.29, 0.717) is 43.7 Å². The maximum atomic E-state index is 12.0. The number of carboxylic acids is 1. The van der Waals surface area contributed by atoms with Crippen molar-refractivity contribution in [2.45, 2.75) is 6.42 Å². The van der Waals surface area contributed by atoms with Crippen LogP contribution in [0.15, 0.2) is 18.3 Å². The molecule has 1 aromatic rings. The third-order valence-corrected chi connectivity index (χ3v) is 3.60. The number of rotatable bonds is 6. The summed E-state index contributed by atoms with van der Waals surface area (Å²) < 4.78 is 5.23. The monoisotopic (exact) mass is 327 g/mol. The van der Waals surface area contributed by atoms with Crippen molar-refractivity contribution < 1.29 is 19.4 Å². The van der Waals surface area contributed by atoms with Crippen LogP contribution < -0.4 is 5.32 Å². The Labute approximate surface area is 133 Å². The number of carbonyl (C=O) groups excluding carboxylic acids is 1. The molecule has 0 saturated carbocycles. The number of nitrogens with one attached hydrogen (secondary N) is 1. The molecule has 2 N–H and O–H groups in total. The number of carbonyl (C=O) groups is 2. The lowest BCUT2D eigenvalue weighted by Gasteiger charge is -2.28. The maximum absolute atomic E-state index is 12.0. The van der Waals surface area contributed by atoms with E-state index < -0.39 is 11.9 Å². The normalized spacial score (nSPS) is 17.0. The second kappa shape index (κ2) is 8.07. The van der Waals surface area contributed by atoms with E-state index in [1.54, 1.807) is 12.1 Å². The molecule has 0 aliphatic carbocycles. The Morgan fingerprint density at radius 3 is 2.73 bits per heavy atom. The molecule has 0 spiro atoms. The number of pyridine rings is 1. The van der Waals surface area contributed by atoms with Gasteiger partial charge in [-0.2, -0.15) is 0 Å². The maximum Gasteiger partial charge on any atom is 0.308 e. The van der Waals surface area contributed by atoms with Crippen LogP contribution in [0.1, 0.15) is 6.42 Å². The van der Waals surface area contributed by atoms with Crippen molar-refractivity contribution in [2.24, 2.45) is 5.92 Å². The summed E-state index contributed by atoms with van der Waals surface area (Å²) in [6.45, 7) is 2.90. The fraction of sp³-hybridized carbons (Fsp3) is 0.500. The van der Waals surface area contributed by atoms with Crippen LogP contribution in [-0.4, -0.2) is 59.7 Å². The molecule has 8 heteroatoms. The van der Waals surface area contributed by atoms with E-state index >= 15 is 0 Å². The molecule has 1 unspecified atom stereocenters.